The molecule has 1 aliphatic rings. The minimum atomic E-state index is -0.261. The third-order valence-electron chi connectivity index (χ3n) is 5.38. The van der Waals surface area contributed by atoms with E-state index in [0.29, 0.717) is 43.3 Å². The van der Waals surface area contributed by atoms with Gasteiger partial charge in [0.1, 0.15) is 12.1 Å². The van der Waals surface area contributed by atoms with Gasteiger partial charge in [-0.3, -0.25) is 14.2 Å². The lowest BCUT2D eigenvalue weighted by molar-refractivity contribution is -0.116. The first-order valence-corrected chi connectivity index (χ1v) is 9.70. The molecule has 1 amide bonds. The van der Waals surface area contributed by atoms with Gasteiger partial charge >= 0.3 is 0 Å². The van der Waals surface area contributed by atoms with E-state index in [1.165, 1.54) is 4.57 Å². The van der Waals surface area contributed by atoms with Crippen LogP contribution in [0.15, 0.2) is 35.1 Å². The first-order chi connectivity index (χ1) is 14.0. The fourth-order valence-electron chi connectivity index (χ4n) is 3.63. The Labute approximate surface area is 168 Å². The second-order valence-electron chi connectivity index (χ2n) is 7.34. The largest absolute Gasteiger partial charge is 0.378 e. The van der Waals surface area contributed by atoms with Gasteiger partial charge in [0.25, 0.3) is 5.56 Å². The third-order valence-corrected chi connectivity index (χ3v) is 5.38. The number of benzene rings is 1. The molecule has 8 heteroatoms. The first-order valence-electron chi connectivity index (χ1n) is 9.70. The molecule has 0 saturated carbocycles. The summed E-state index contributed by atoms with van der Waals surface area (Å²) < 4.78 is 8.73. The molecule has 3 heterocycles. The normalized spacial score (nSPS) is 14.4. The lowest BCUT2D eigenvalue weighted by Gasteiger charge is -2.29. The van der Waals surface area contributed by atoms with Crippen LogP contribution in [0.3, 0.4) is 0 Å². The fraction of sp³-hybridized carbons (Fsp3) is 0.381. The Morgan fingerprint density at radius 2 is 1.93 bits per heavy atom. The molecule has 0 aliphatic carbocycles. The van der Waals surface area contributed by atoms with E-state index in [9.17, 15) is 9.59 Å². The Morgan fingerprint density at radius 3 is 2.66 bits per heavy atom. The number of rotatable bonds is 4. The van der Waals surface area contributed by atoms with Crippen molar-refractivity contribution < 1.29 is 9.53 Å². The number of aromatic nitrogens is 3. The number of hydrogen-bond donors (Lipinski definition) is 1. The van der Waals surface area contributed by atoms with E-state index in [1.807, 2.05) is 60.7 Å². The maximum atomic E-state index is 13.3. The van der Waals surface area contributed by atoms with Gasteiger partial charge in [-0.05, 0) is 31.5 Å². The van der Waals surface area contributed by atoms with Crippen LogP contribution < -0.4 is 15.8 Å². The number of morpholine rings is 1. The number of hydrogen-bond acceptors (Lipinski definition) is 5. The topological polar surface area (TPSA) is 81.4 Å². The molecule has 1 saturated heterocycles. The number of fused-ring (bicyclic) bond motifs is 1. The van der Waals surface area contributed by atoms with E-state index in [2.05, 4.69) is 5.32 Å². The molecule has 1 aromatic carbocycles. The van der Waals surface area contributed by atoms with Crippen molar-refractivity contribution in [1.82, 2.24) is 14.1 Å². The SMILES string of the molecule is Cc1ccccc1NC(=O)Cn1c(N2CCOCC2)nc2cc(C)n(C)c2c1=O. The first kappa shape index (κ1) is 19.2. The maximum absolute atomic E-state index is 13.3. The van der Waals surface area contributed by atoms with Gasteiger partial charge in [0.15, 0.2) is 0 Å². The van der Waals surface area contributed by atoms with Crippen LogP contribution in [0.4, 0.5) is 11.6 Å². The fourth-order valence-corrected chi connectivity index (χ4v) is 3.63. The highest BCUT2D eigenvalue weighted by Crippen LogP contribution is 2.19. The summed E-state index contributed by atoms with van der Waals surface area (Å²) in [6, 6.07) is 9.47. The van der Waals surface area contributed by atoms with Crippen molar-refractivity contribution in [3.8, 4) is 0 Å². The van der Waals surface area contributed by atoms with E-state index in [0.717, 1.165) is 16.9 Å². The molecule has 0 spiro atoms. The van der Waals surface area contributed by atoms with E-state index >= 15 is 0 Å². The predicted octanol–water partition coefficient (Wildman–Crippen LogP) is 1.83. The van der Waals surface area contributed by atoms with Crippen LogP contribution in [-0.4, -0.2) is 46.3 Å². The molecule has 0 radical (unpaired) electrons. The number of anilines is 2. The summed E-state index contributed by atoms with van der Waals surface area (Å²) in [7, 11) is 1.84. The Hall–Kier alpha value is -3.13. The number of nitrogens with one attached hydrogen (secondary N) is 1. The van der Waals surface area contributed by atoms with Gasteiger partial charge in [0.2, 0.25) is 11.9 Å². The van der Waals surface area contributed by atoms with Crippen molar-refractivity contribution in [3.05, 3.63) is 51.9 Å². The highest BCUT2D eigenvalue weighted by molar-refractivity contribution is 5.91. The monoisotopic (exact) mass is 395 g/mol. The number of ether oxygens (including phenoxy) is 1. The standard InChI is InChI=1S/C21H25N5O3/c1-14-6-4-5-7-16(14)22-18(27)13-26-20(28)19-17(12-15(2)24(19)3)23-21(26)25-8-10-29-11-9-25/h4-7,12H,8-11,13H2,1-3H3,(H,22,27). The molecule has 4 rings (SSSR count). The molecule has 0 atom stereocenters. The van der Waals surface area contributed by atoms with E-state index < -0.39 is 0 Å². The van der Waals surface area contributed by atoms with Gasteiger partial charge in [0, 0.05) is 31.5 Å². The van der Waals surface area contributed by atoms with Crippen LogP contribution in [0.2, 0.25) is 0 Å². The second-order valence-corrected chi connectivity index (χ2v) is 7.34. The zero-order chi connectivity index (χ0) is 20.5. The molecule has 0 bridgehead atoms. The molecule has 1 fully saturated rings. The Bertz CT molecular complexity index is 1130. The van der Waals surface area contributed by atoms with Crippen molar-refractivity contribution in [2.24, 2.45) is 7.05 Å². The summed E-state index contributed by atoms with van der Waals surface area (Å²) in [6.07, 6.45) is 0. The van der Waals surface area contributed by atoms with Gasteiger partial charge < -0.3 is 19.5 Å². The molecule has 0 unspecified atom stereocenters. The van der Waals surface area contributed by atoms with Gasteiger partial charge in [-0.25, -0.2) is 4.98 Å². The summed E-state index contributed by atoms with van der Waals surface area (Å²) in [5, 5.41) is 2.91. The lowest BCUT2D eigenvalue weighted by Crippen LogP contribution is -2.42. The number of carbonyl (C=O) groups is 1. The molecular weight excluding hydrogens is 370 g/mol. The molecular formula is C21H25N5O3. The zero-order valence-corrected chi connectivity index (χ0v) is 16.9. The van der Waals surface area contributed by atoms with Gasteiger partial charge in [-0.2, -0.15) is 0 Å². The number of carbonyl (C=O) groups excluding carboxylic acids is 1. The van der Waals surface area contributed by atoms with Crippen molar-refractivity contribution in [1.29, 1.82) is 0 Å². The Morgan fingerprint density at radius 1 is 1.21 bits per heavy atom. The van der Waals surface area contributed by atoms with E-state index in [4.69, 9.17) is 9.72 Å². The van der Waals surface area contributed by atoms with Crippen molar-refractivity contribution in [2.75, 3.05) is 36.5 Å². The maximum Gasteiger partial charge on any atom is 0.279 e. The van der Waals surface area contributed by atoms with Crippen LogP contribution in [-0.2, 0) is 23.1 Å². The van der Waals surface area contributed by atoms with Crippen LogP contribution in [0.25, 0.3) is 11.0 Å². The summed E-state index contributed by atoms with van der Waals surface area (Å²) in [5.41, 5.74) is 3.58. The molecule has 29 heavy (non-hydrogen) atoms. The number of para-hydroxylation sites is 1. The average Bonchev–Trinajstić information content (AvgIpc) is 3.00. The quantitative estimate of drug-likeness (QED) is 0.729. The zero-order valence-electron chi connectivity index (χ0n) is 16.9. The van der Waals surface area contributed by atoms with Crippen LogP contribution in [0.5, 0.6) is 0 Å². The molecule has 152 valence electrons. The van der Waals surface area contributed by atoms with E-state index in [-0.39, 0.29) is 18.0 Å². The number of amides is 1. The molecule has 1 aliphatic heterocycles. The lowest BCUT2D eigenvalue weighted by atomic mass is 10.2. The minimum absolute atomic E-state index is 0.104. The van der Waals surface area contributed by atoms with Gasteiger partial charge in [0.05, 0.1) is 18.7 Å². The second kappa shape index (κ2) is 7.71. The summed E-state index contributed by atoms with van der Waals surface area (Å²) in [6.45, 7) is 6.15. The van der Waals surface area contributed by atoms with Crippen molar-refractivity contribution in [3.63, 3.8) is 0 Å². The van der Waals surface area contributed by atoms with Gasteiger partial charge in [-0.15, -0.1) is 0 Å². The summed E-state index contributed by atoms with van der Waals surface area (Å²) in [5.74, 6) is 0.249. The Kier molecular flexibility index (Phi) is 5.10. The molecule has 2 aromatic heterocycles. The van der Waals surface area contributed by atoms with Crippen LogP contribution in [0, 0.1) is 13.8 Å². The van der Waals surface area contributed by atoms with Crippen LogP contribution >= 0.6 is 0 Å². The summed E-state index contributed by atoms with van der Waals surface area (Å²) in [4.78, 5) is 32.9. The predicted molar refractivity (Wildman–Crippen MR) is 113 cm³/mol. The Balaban J connectivity index is 1.75. The van der Waals surface area contributed by atoms with E-state index in [1.54, 1.807) is 0 Å². The minimum Gasteiger partial charge on any atom is -0.378 e. The summed E-state index contributed by atoms with van der Waals surface area (Å²) >= 11 is 0. The number of nitrogens with zero attached hydrogens (tertiary/aromatic N) is 4. The average molecular weight is 395 g/mol. The van der Waals surface area contributed by atoms with Crippen molar-refractivity contribution >= 4 is 28.6 Å². The number of aryl methyl sites for hydroxylation is 3. The third kappa shape index (κ3) is 3.63. The van der Waals surface area contributed by atoms with Gasteiger partial charge in [-0.1, -0.05) is 18.2 Å². The van der Waals surface area contributed by atoms with Crippen LogP contribution in [0.1, 0.15) is 11.3 Å². The highest BCUT2D eigenvalue weighted by Gasteiger charge is 2.22. The molecule has 1 N–H and O–H groups in total. The smallest absolute Gasteiger partial charge is 0.279 e. The molecule has 8 nitrogen and oxygen atoms in total. The molecule has 3 aromatic rings. The highest BCUT2D eigenvalue weighted by atomic mass is 16.5. The van der Waals surface area contributed by atoms with Crippen molar-refractivity contribution in [2.45, 2.75) is 20.4 Å².